The van der Waals surface area contributed by atoms with Crippen LogP contribution in [0, 0.1) is 0 Å². The minimum absolute atomic E-state index is 0.0998. The van der Waals surface area contributed by atoms with Crippen molar-refractivity contribution in [2.45, 2.75) is 24.5 Å². The first kappa shape index (κ1) is 21.6. The van der Waals surface area contributed by atoms with E-state index in [9.17, 15) is 15.3 Å². The van der Waals surface area contributed by atoms with Gasteiger partial charge in [-0.2, -0.15) is 15.1 Å². The number of imidazole rings is 1. The minimum Gasteiger partial charge on any atom is -0.496 e. The van der Waals surface area contributed by atoms with Crippen LogP contribution >= 0.6 is 0 Å². The number of para-hydroxylation sites is 1. The van der Waals surface area contributed by atoms with Crippen molar-refractivity contribution in [3.05, 3.63) is 42.2 Å². The molecule has 4 rings (SSSR count). The number of ether oxygens (including phenoxy) is 2. The lowest BCUT2D eigenvalue weighted by Gasteiger charge is -2.16. The zero-order valence-electron chi connectivity index (χ0n) is 17.1. The monoisotopic (exact) mass is 441 g/mol. The maximum absolute atomic E-state index is 10.3. The van der Waals surface area contributed by atoms with Crippen LogP contribution < -0.4 is 15.9 Å². The largest absolute Gasteiger partial charge is 0.496 e. The van der Waals surface area contributed by atoms with Crippen molar-refractivity contribution in [1.82, 2.24) is 19.5 Å². The topological polar surface area (TPSA) is 173 Å². The molecule has 1 aromatic carbocycles. The summed E-state index contributed by atoms with van der Waals surface area (Å²) in [5, 5.41) is 33.7. The van der Waals surface area contributed by atoms with Crippen molar-refractivity contribution in [1.29, 1.82) is 0 Å². The van der Waals surface area contributed by atoms with E-state index < -0.39 is 31.1 Å². The first-order chi connectivity index (χ1) is 15.5. The Kier molecular flexibility index (Phi) is 6.28. The number of nitrogens with zero attached hydrogens (tertiary/aromatic N) is 5. The number of aliphatic hydroxyl groups excluding tert-OH is 3. The van der Waals surface area contributed by atoms with E-state index in [1.165, 1.54) is 17.1 Å². The fourth-order valence-electron chi connectivity index (χ4n) is 3.37. The molecule has 6 N–H and O–H groups in total. The Morgan fingerprint density at radius 1 is 1.28 bits per heavy atom. The molecule has 168 valence electrons. The molecule has 3 heterocycles. The van der Waals surface area contributed by atoms with E-state index in [0.29, 0.717) is 5.52 Å². The maximum atomic E-state index is 10.3. The van der Waals surface area contributed by atoms with Crippen molar-refractivity contribution >= 4 is 35.2 Å². The summed E-state index contributed by atoms with van der Waals surface area (Å²) < 4.78 is 12.3. The van der Waals surface area contributed by atoms with Crippen LogP contribution in [0.3, 0.4) is 0 Å². The number of nitrogen functional groups attached to an aromatic ring is 1. The van der Waals surface area contributed by atoms with E-state index in [2.05, 4.69) is 25.5 Å². The van der Waals surface area contributed by atoms with Crippen LogP contribution in [-0.4, -0.2) is 73.1 Å². The molecule has 4 atom stereocenters. The number of hydrogen-bond acceptors (Lipinski definition) is 11. The van der Waals surface area contributed by atoms with Gasteiger partial charge in [0.05, 0.1) is 20.0 Å². The molecule has 1 aliphatic rings. The van der Waals surface area contributed by atoms with Gasteiger partial charge < -0.3 is 30.5 Å². The van der Waals surface area contributed by atoms with E-state index in [1.54, 1.807) is 13.2 Å². The second-order valence-electron chi connectivity index (χ2n) is 6.98. The number of allylic oxidation sites excluding steroid dienone is 1. The first-order valence-electron chi connectivity index (χ1n) is 9.74. The molecule has 2 aromatic heterocycles. The molecule has 1 saturated heterocycles. The quantitative estimate of drug-likeness (QED) is 0.251. The summed E-state index contributed by atoms with van der Waals surface area (Å²) >= 11 is 0. The van der Waals surface area contributed by atoms with Crippen LogP contribution in [0.1, 0.15) is 11.8 Å². The number of nitrogens with two attached hydrogens (primary N) is 1. The molecule has 1 aliphatic heterocycles. The highest BCUT2D eigenvalue weighted by atomic mass is 16.6. The lowest BCUT2D eigenvalue weighted by molar-refractivity contribution is -0.0511. The predicted molar refractivity (Wildman–Crippen MR) is 117 cm³/mol. The molecule has 32 heavy (non-hydrogen) atoms. The van der Waals surface area contributed by atoms with Gasteiger partial charge in [-0.1, -0.05) is 18.2 Å². The van der Waals surface area contributed by atoms with Crippen molar-refractivity contribution in [3.63, 3.8) is 0 Å². The van der Waals surface area contributed by atoms with Gasteiger partial charge in [-0.15, -0.1) is 0 Å². The lowest BCUT2D eigenvalue weighted by atomic mass is 10.1. The molecular weight excluding hydrogens is 418 g/mol. The van der Waals surface area contributed by atoms with Crippen molar-refractivity contribution in [2.75, 3.05) is 24.9 Å². The lowest BCUT2D eigenvalue weighted by Crippen LogP contribution is -2.33. The summed E-state index contributed by atoms with van der Waals surface area (Å²) in [4.78, 5) is 12.6. The van der Waals surface area contributed by atoms with Gasteiger partial charge in [0.1, 0.15) is 29.6 Å². The zero-order valence-corrected chi connectivity index (χ0v) is 17.1. The Morgan fingerprint density at radius 3 is 2.84 bits per heavy atom. The summed E-state index contributed by atoms with van der Waals surface area (Å²) in [7, 11) is 1.60. The fourth-order valence-corrected chi connectivity index (χ4v) is 3.37. The normalized spacial score (nSPS) is 23.5. The van der Waals surface area contributed by atoms with Crippen molar-refractivity contribution < 1.29 is 24.8 Å². The second kappa shape index (κ2) is 9.28. The molecular formula is C20H23N7O5. The summed E-state index contributed by atoms with van der Waals surface area (Å²) in [6.45, 7) is -0.442. The SMILES string of the molecule is COc1ccccc1/C=C/C=N/Nc1nc(N)c2ncn(C3OC(CO)C(O)C3O)c2n1. The van der Waals surface area contributed by atoms with Crippen LogP contribution in [0.25, 0.3) is 17.2 Å². The summed E-state index contributed by atoms with van der Waals surface area (Å²) in [5.41, 5.74) is 10.1. The highest BCUT2D eigenvalue weighted by Gasteiger charge is 2.44. The van der Waals surface area contributed by atoms with Gasteiger partial charge in [-0.3, -0.25) is 4.57 Å². The molecule has 4 unspecified atom stereocenters. The van der Waals surface area contributed by atoms with E-state index >= 15 is 0 Å². The molecule has 12 heteroatoms. The first-order valence-corrected chi connectivity index (χ1v) is 9.74. The van der Waals surface area contributed by atoms with Crippen LogP contribution in [0.5, 0.6) is 5.75 Å². The third kappa shape index (κ3) is 4.11. The molecule has 0 spiro atoms. The summed E-state index contributed by atoms with van der Waals surface area (Å²) in [6, 6.07) is 7.55. The molecule has 1 fully saturated rings. The third-order valence-corrected chi connectivity index (χ3v) is 4.98. The number of rotatable bonds is 7. The minimum atomic E-state index is -1.28. The van der Waals surface area contributed by atoms with Crippen LogP contribution in [0.4, 0.5) is 11.8 Å². The molecule has 0 amide bonds. The second-order valence-corrected chi connectivity index (χ2v) is 6.98. The van der Waals surface area contributed by atoms with Gasteiger partial charge in [0.25, 0.3) is 0 Å². The Labute approximate surface area is 182 Å². The molecule has 0 radical (unpaired) electrons. The number of nitrogens with one attached hydrogen (secondary N) is 1. The molecule has 0 bridgehead atoms. The van der Waals surface area contributed by atoms with Crippen LogP contribution in [0.15, 0.2) is 41.8 Å². The smallest absolute Gasteiger partial charge is 0.247 e. The molecule has 0 aliphatic carbocycles. The number of aromatic nitrogens is 4. The van der Waals surface area contributed by atoms with Gasteiger partial charge in [-0.05, 0) is 18.2 Å². The Hall–Kier alpha value is -3.58. The number of hydrogen-bond donors (Lipinski definition) is 5. The predicted octanol–water partition coefficient (Wildman–Crippen LogP) is 0.140. The van der Waals surface area contributed by atoms with Crippen LogP contribution in [-0.2, 0) is 4.74 Å². The van der Waals surface area contributed by atoms with E-state index in [0.717, 1.165) is 11.3 Å². The van der Waals surface area contributed by atoms with Gasteiger partial charge in [0.15, 0.2) is 17.7 Å². The maximum Gasteiger partial charge on any atom is 0.247 e. The number of methoxy groups -OCH3 is 1. The van der Waals surface area contributed by atoms with Gasteiger partial charge in [-0.25, -0.2) is 10.4 Å². The number of anilines is 2. The standard InChI is InChI=1S/C20H23N7O5/c1-31-12-7-3-2-5-11(12)6-4-8-23-26-20-24-17(21)14-18(25-20)27(10-22-14)19-16(30)15(29)13(9-28)32-19/h2-8,10,13,15-16,19,28-30H,9H2,1H3,(H3,21,24,25,26)/b6-4+,23-8+. The summed E-state index contributed by atoms with van der Waals surface area (Å²) in [6.07, 6.45) is 1.98. The van der Waals surface area contributed by atoms with E-state index in [-0.39, 0.29) is 17.4 Å². The van der Waals surface area contributed by atoms with Crippen molar-refractivity contribution in [3.8, 4) is 5.75 Å². The zero-order chi connectivity index (χ0) is 22.7. The van der Waals surface area contributed by atoms with Gasteiger partial charge >= 0.3 is 0 Å². The van der Waals surface area contributed by atoms with Gasteiger partial charge in [0.2, 0.25) is 5.95 Å². The third-order valence-electron chi connectivity index (χ3n) is 4.98. The summed E-state index contributed by atoms with van der Waals surface area (Å²) in [5.74, 6) is 0.943. The average Bonchev–Trinajstić information content (AvgIpc) is 3.35. The fraction of sp³-hybridized carbons (Fsp3) is 0.300. The Morgan fingerprint density at radius 2 is 2.09 bits per heavy atom. The van der Waals surface area contributed by atoms with Crippen molar-refractivity contribution in [2.24, 2.45) is 5.10 Å². The number of aliphatic hydroxyl groups is 3. The highest BCUT2D eigenvalue weighted by Crippen LogP contribution is 2.32. The Balaban J connectivity index is 1.52. The van der Waals surface area contributed by atoms with Gasteiger partial charge in [0, 0.05) is 11.8 Å². The van der Waals surface area contributed by atoms with Crippen LogP contribution in [0.2, 0.25) is 0 Å². The highest BCUT2D eigenvalue weighted by molar-refractivity contribution is 5.83. The molecule has 0 saturated carbocycles. The number of benzene rings is 1. The average molecular weight is 441 g/mol. The number of fused-ring (bicyclic) bond motifs is 1. The Bertz CT molecular complexity index is 1150. The molecule has 12 nitrogen and oxygen atoms in total. The molecule has 3 aromatic rings. The number of hydrazone groups is 1. The van der Waals surface area contributed by atoms with E-state index in [4.69, 9.17) is 15.2 Å². The van der Waals surface area contributed by atoms with E-state index in [1.807, 2.05) is 30.3 Å².